The number of allylic oxidation sites excluding steroid dienone is 2. The number of Topliss-reactive ketones (excluding diaryl/α,β-unsaturated/α-hetero) is 1. The fourth-order valence-corrected chi connectivity index (χ4v) is 9.84. The molecule has 1 unspecified atom stereocenters. The number of aliphatic hydroxyl groups excluding tert-OH is 5. The Hall–Kier alpha value is -1.86. The number of nitrogens with zero attached hydrogens (tertiary/aromatic N) is 1. The lowest BCUT2D eigenvalue weighted by Gasteiger charge is -2.49. The predicted molar refractivity (Wildman–Crippen MR) is 166 cm³/mol. The van der Waals surface area contributed by atoms with Gasteiger partial charge in [-0.1, -0.05) is 39.7 Å². The van der Waals surface area contributed by atoms with Gasteiger partial charge in [-0.3, -0.25) is 4.79 Å². The van der Waals surface area contributed by atoms with Gasteiger partial charge in [0.25, 0.3) is 0 Å². The Morgan fingerprint density at radius 1 is 1.02 bits per heavy atom. The van der Waals surface area contributed by atoms with Crippen molar-refractivity contribution in [2.45, 2.75) is 134 Å². The first kappa shape index (κ1) is 34.0. The van der Waals surface area contributed by atoms with Gasteiger partial charge in [0.15, 0.2) is 5.78 Å². The molecule has 7 aliphatic rings. The Morgan fingerprint density at radius 3 is 2.39 bits per heavy atom. The summed E-state index contributed by atoms with van der Waals surface area (Å²) in [6.07, 6.45) is 0.0892. The van der Waals surface area contributed by atoms with Crippen molar-refractivity contribution in [2.75, 3.05) is 6.54 Å². The van der Waals surface area contributed by atoms with E-state index in [1.165, 1.54) is 0 Å². The number of ether oxygens (including phenoxy) is 2. The third-order valence-corrected chi connectivity index (χ3v) is 12.5. The molecule has 0 aromatic carbocycles. The molecule has 5 aliphatic heterocycles. The van der Waals surface area contributed by atoms with Gasteiger partial charge < -0.3 is 39.8 Å². The van der Waals surface area contributed by atoms with E-state index >= 15 is 0 Å². The number of fused-ring (bicyclic) bond motifs is 12. The molecule has 3 saturated heterocycles. The Labute approximate surface area is 271 Å². The fourth-order valence-electron chi connectivity index (χ4n) is 9.84. The third-order valence-electron chi connectivity index (χ3n) is 12.5. The summed E-state index contributed by atoms with van der Waals surface area (Å²) < 4.78 is 12.8. The molecule has 5 fully saturated rings. The highest BCUT2D eigenvalue weighted by Crippen LogP contribution is 2.65. The number of carbonyl (C=O) groups is 2. The molecule has 0 aromatic rings. The number of ketones is 1. The van der Waals surface area contributed by atoms with Crippen LogP contribution in [0.2, 0.25) is 0 Å². The molecule has 17 atom stereocenters. The molecule has 0 amide bonds. The molecular formula is C35H53NO10. The second kappa shape index (κ2) is 12.5. The first-order chi connectivity index (χ1) is 21.7. The standard InChI is InChI=1S/C35H53NO10/c1-7-16(3)27(38)30(41)26-31(42)28(39)17(4)10-8-9-11-21-35(6,45-21)25-24(29(40)23-20(37)14-36(26)46-34(23)43)22-18(5)12-15(2)13-19(22)32-33(25)44-32/h7,15,17-19,21-22,24-28,30-33,38-42H,8-14H2,1-6H3/b16-7+,29-23?/t15-,17-,18+,19-,21-,22+,24-,25+,26-,27-,28+,30+,31+,32+,33-,35-/m0/s1. The summed E-state index contributed by atoms with van der Waals surface area (Å²) in [5.74, 6) is -2.44. The second-order valence-electron chi connectivity index (χ2n) is 15.5. The van der Waals surface area contributed by atoms with E-state index in [0.29, 0.717) is 17.9 Å². The maximum Gasteiger partial charge on any atom is 0.364 e. The van der Waals surface area contributed by atoms with E-state index in [1.54, 1.807) is 26.8 Å². The Bertz CT molecular complexity index is 1250. The summed E-state index contributed by atoms with van der Waals surface area (Å²) in [6.45, 7) is 11.0. The molecule has 11 heteroatoms. The van der Waals surface area contributed by atoms with Crippen LogP contribution in [0.4, 0.5) is 0 Å². The highest BCUT2D eigenvalue weighted by Gasteiger charge is 2.73. The van der Waals surface area contributed by atoms with E-state index in [0.717, 1.165) is 37.2 Å². The van der Waals surface area contributed by atoms with Gasteiger partial charge in [-0.15, -0.1) is 5.06 Å². The van der Waals surface area contributed by atoms with E-state index < -0.39 is 71.8 Å². The molecule has 7 rings (SSSR count). The quantitative estimate of drug-likeness (QED) is 0.173. The molecule has 11 nitrogen and oxygen atoms in total. The number of aliphatic hydroxyl groups is 5. The fraction of sp³-hybridized carbons (Fsp3) is 0.829. The topological polar surface area (TPSA) is 173 Å². The van der Waals surface area contributed by atoms with E-state index in [2.05, 4.69) is 20.8 Å². The summed E-state index contributed by atoms with van der Waals surface area (Å²) >= 11 is 0. The Kier molecular flexibility index (Phi) is 9.28. The molecular weight excluding hydrogens is 594 g/mol. The minimum Gasteiger partial charge on any atom is -0.511 e. The van der Waals surface area contributed by atoms with Crippen molar-refractivity contribution in [3.63, 3.8) is 0 Å². The number of hydroxylamine groups is 2. The molecule has 2 bridgehead atoms. The average molecular weight is 648 g/mol. The maximum absolute atomic E-state index is 13.9. The number of hydrogen-bond donors (Lipinski definition) is 5. The Morgan fingerprint density at radius 2 is 1.72 bits per heavy atom. The lowest BCUT2D eigenvalue weighted by Crippen LogP contribution is -2.62. The van der Waals surface area contributed by atoms with Crippen molar-refractivity contribution in [2.24, 2.45) is 41.4 Å². The van der Waals surface area contributed by atoms with Crippen molar-refractivity contribution in [1.29, 1.82) is 0 Å². The summed E-state index contributed by atoms with van der Waals surface area (Å²) in [5, 5.41) is 57.9. The highest BCUT2D eigenvalue weighted by molar-refractivity contribution is 6.19. The molecule has 2 aliphatic carbocycles. The molecule has 5 N–H and O–H groups in total. The summed E-state index contributed by atoms with van der Waals surface area (Å²) in [6, 6.07) is -1.53. The van der Waals surface area contributed by atoms with Crippen molar-refractivity contribution in [1.82, 2.24) is 5.06 Å². The first-order valence-electron chi connectivity index (χ1n) is 17.3. The van der Waals surface area contributed by atoms with Crippen LogP contribution < -0.4 is 0 Å². The van der Waals surface area contributed by atoms with Crippen LogP contribution in [-0.4, -0.2) is 103 Å². The lowest BCUT2D eigenvalue weighted by atomic mass is 9.53. The van der Waals surface area contributed by atoms with Gasteiger partial charge in [0.2, 0.25) is 0 Å². The molecule has 0 spiro atoms. The van der Waals surface area contributed by atoms with E-state index in [4.69, 9.17) is 14.3 Å². The minimum atomic E-state index is -1.71. The molecule has 46 heavy (non-hydrogen) atoms. The predicted octanol–water partition coefficient (Wildman–Crippen LogP) is 2.60. The third kappa shape index (κ3) is 5.67. The second-order valence-corrected chi connectivity index (χ2v) is 15.5. The zero-order valence-corrected chi connectivity index (χ0v) is 27.9. The van der Waals surface area contributed by atoms with Crippen LogP contribution in [-0.2, 0) is 23.9 Å². The Balaban J connectivity index is 1.42. The van der Waals surface area contributed by atoms with Gasteiger partial charge in [-0.05, 0) is 81.6 Å². The smallest absolute Gasteiger partial charge is 0.364 e. The zero-order valence-electron chi connectivity index (χ0n) is 27.9. The molecule has 258 valence electrons. The molecule has 5 heterocycles. The SMILES string of the molecule is C/C=C(\C)[C@H](O)[C@H](O)[C@H]1[C@@H](O)[C@H](O)[C@@H](C)CCCC[C@@H]2O[C@]2(C)[C@H]2[C@@H]3O[C@@H]3[C@H]3C[C@@H](C)C[C@@H](C)[C@H]3[C@@H]2C(O)=C2C(=O)CN1OC2=O. The van der Waals surface area contributed by atoms with Crippen LogP contribution in [0.15, 0.2) is 23.0 Å². The number of hydrogen-bond acceptors (Lipinski definition) is 11. The van der Waals surface area contributed by atoms with Crippen molar-refractivity contribution < 1.29 is 49.4 Å². The van der Waals surface area contributed by atoms with Gasteiger partial charge in [-0.25, -0.2) is 4.79 Å². The largest absolute Gasteiger partial charge is 0.511 e. The van der Waals surface area contributed by atoms with Gasteiger partial charge in [-0.2, -0.15) is 0 Å². The van der Waals surface area contributed by atoms with Gasteiger partial charge in [0.1, 0.15) is 35.7 Å². The van der Waals surface area contributed by atoms with Crippen LogP contribution in [0.3, 0.4) is 0 Å². The number of epoxide rings is 2. The maximum atomic E-state index is 13.9. The molecule has 0 radical (unpaired) electrons. The van der Waals surface area contributed by atoms with Crippen LogP contribution in [0.25, 0.3) is 0 Å². The molecule has 0 aromatic heterocycles. The van der Waals surface area contributed by atoms with Gasteiger partial charge in [0.05, 0.1) is 36.6 Å². The number of rotatable bonds is 3. The summed E-state index contributed by atoms with van der Waals surface area (Å²) in [4.78, 5) is 33.4. The minimum absolute atomic E-state index is 0.0221. The van der Waals surface area contributed by atoms with Crippen LogP contribution in [0.5, 0.6) is 0 Å². The lowest BCUT2D eigenvalue weighted by molar-refractivity contribution is -0.238. The van der Waals surface area contributed by atoms with Crippen LogP contribution >= 0.6 is 0 Å². The average Bonchev–Trinajstić information content (AvgIpc) is 3.92. The number of carbonyl (C=O) groups excluding carboxylic acids is 2. The zero-order chi connectivity index (χ0) is 33.4. The van der Waals surface area contributed by atoms with E-state index in [9.17, 15) is 35.1 Å². The highest BCUT2D eigenvalue weighted by atomic mass is 16.7. The summed E-state index contributed by atoms with van der Waals surface area (Å²) in [5.41, 5.74) is -0.616. The van der Waals surface area contributed by atoms with Crippen LogP contribution in [0.1, 0.15) is 80.1 Å². The van der Waals surface area contributed by atoms with Gasteiger partial charge >= 0.3 is 5.97 Å². The normalized spacial score (nSPS) is 49.5. The van der Waals surface area contributed by atoms with Crippen molar-refractivity contribution >= 4 is 11.8 Å². The monoisotopic (exact) mass is 647 g/mol. The van der Waals surface area contributed by atoms with Gasteiger partial charge in [0, 0.05) is 11.8 Å². The first-order valence-corrected chi connectivity index (χ1v) is 17.3. The van der Waals surface area contributed by atoms with Crippen molar-refractivity contribution in [3.05, 3.63) is 23.0 Å². The van der Waals surface area contributed by atoms with E-state index in [1.807, 2.05) is 0 Å². The van der Waals surface area contributed by atoms with E-state index in [-0.39, 0.29) is 47.7 Å². The summed E-state index contributed by atoms with van der Waals surface area (Å²) in [7, 11) is 0. The van der Waals surface area contributed by atoms with Crippen LogP contribution in [0, 0.1) is 41.4 Å². The molecule has 2 saturated carbocycles. The van der Waals surface area contributed by atoms with Crippen molar-refractivity contribution in [3.8, 4) is 0 Å².